The van der Waals surface area contributed by atoms with Gasteiger partial charge in [0.2, 0.25) is 5.91 Å². The number of nitrogens with two attached hydrogens (primary N) is 2. The van der Waals surface area contributed by atoms with Gasteiger partial charge in [-0.05, 0) is 24.5 Å². The third kappa shape index (κ3) is 3.76. The molecule has 0 bridgehead atoms. The van der Waals surface area contributed by atoms with Crippen LogP contribution in [0.25, 0.3) is 0 Å². The van der Waals surface area contributed by atoms with E-state index in [0.29, 0.717) is 18.0 Å². The molecule has 0 aliphatic rings. The number of nitrogens with one attached hydrogen (secondary N) is 1. The quantitative estimate of drug-likeness (QED) is 0.693. The molecule has 18 heavy (non-hydrogen) atoms. The van der Waals surface area contributed by atoms with Gasteiger partial charge in [-0.25, -0.2) is 0 Å². The van der Waals surface area contributed by atoms with Gasteiger partial charge in [-0.3, -0.25) is 9.59 Å². The smallest absolute Gasteiger partial charge is 0.252 e. The largest absolute Gasteiger partial charge is 0.398 e. The Morgan fingerprint density at radius 1 is 1.33 bits per heavy atom. The van der Waals surface area contributed by atoms with Crippen LogP contribution < -0.4 is 16.8 Å². The van der Waals surface area contributed by atoms with Crippen LogP contribution in [0, 0.1) is 5.92 Å². The summed E-state index contributed by atoms with van der Waals surface area (Å²) in [6, 6.07) is 4.85. The highest BCUT2D eigenvalue weighted by atomic mass is 16.2. The van der Waals surface area contributed by atoms with E-state index in [0.717, 1.165) is 6.42 Å². The molecule has 0 atom stereocenters. The maximum absolute atomic E-state index is 11.7. The average Bonchev–Trinajstić information content (AvgIpc) is 2.26. The van der Waals surface area contributed by atoms with Crippen molar-refractivity contribution in [3.05, 3.63) is 23.8 Å². The molecule has 98 valence electrons. The fraction of sp³-hybridized carbons (Fsp3) is 0.385. The predicted octanol–water partition coefficient (Wildman–Crippen LogP) is 1.74. The molecule has 0 spiro atoms. The Morgan fingerprint density at radius 2 is 2.00 bits per heavy atom. The lowest BCUT2D eigenvalue weighted by Crippen LogP contribution is -2.19. The summed E-state index contributed by atoms with van der Waals surface area (Å²) in [5.74, 6) is -0.337. The van der Waals surface area contributed by atoms with Gasteiger partial charge in [-0.1, -0.05) is 19.9 Å². The molecule has 0 saturated heterocycles. The molecule has 0 heterocycles. The van der Waals surface area contributed by atoms with Gasteiger partial charge in [0, 0.05) is 12.1 Å². The number of carbonyl (C=O) groups is 2. The third-order valence-corrected chi connectivity index (χ3v) is 2.57. The molecule has 5 N–H and O–H groups in total. The highest BCUT2D eigenvalue weighted by Gasteiger charge is 2.13. The molecule has 0 aliphatic heterocycles. The molecule has 1 rings (SSSR count). The molecule has 5 heteroatoms. The number of anilines is 2. The van der Waals surface area contributed by atoms with Crippen molar-refractivity contribution in [1.82, 2.24) is 0 Å². The van der Waals surface area contributed by atoms with Gasteiger partial charge in [0.25, 0.3) is 5.91 Å². The molecule has 0 fully saturated rings. The number of rotatable bonds is 5. The lowest BCUT2D eigenvalue weighted by atomic mass is 10.1. The van der Waals surface area contributed by atoms with Crippen LogP contribution in [0.3, 0.4) is 0 Å². The second-order valence-corrected chi connectivity index (χ2v) is 4.61. The molecular weight excluding hydrogens is 230 g/mol. The van der Waals surface area contributed by atoms with Crippen LogP contribution in [-0.4, -0.2) is 11.8 Å². The normalized spacial score (nSPS) is 10.4. The van der Waals surface area contributed by atoms with Crippen molar-refractivity contribution in [2.45, 2.75) is 26.7 Å². The Bertz CT molecular complexity index is 456. The zero-order valence-electron chi connectivity index (χ0n) is 10.7. The third-order valence-electron chi connectivity index (χ3n) is 2.57. The van der Waals surface area contributed by atoms with E-state index in [-0.39, 0.29) is 17.2 Å². The maximum Gasteiger partial charge on any atom is 0.252 e. The molecule has 0 radical (unpaired) electrons. The van der Waals surface area contributed by atoms with Gasteiger partial charge >= 0.3 is 0 Å². The number of hydrogen-bond acceptors (Lipinski definition) is 3. The predicted molar refractivity (Wildman–Crippen MR) is 72.1 cm³/mol. The van der Waals surface area contributed by atoms with Gasteiger partial charge in [0.15, 0.2) is 0 Å². The number of amides is 2. The van der Waals surface area contributed by atoms with Crippen LogP contribution in [0.5, 0.6) is 0 Å². The van der Waals surface area contributed by atoms with Crippen molar-refractivity contribution in [2.24, 2.45) is 11.7 Å². The highest BCUT2D eigenvalue weighted by Crippen LogP contribution is 2.21. The summed E-state index contributed by atoms with van der Waals surface area (Å²) in [5, 5.41) is 2.67. The summed E-state index contributed by atoms with van der Waals surface area (Å²) >= 11 is 0. The van der Waals surface area contributed by atoms with E-state index in [1.165, 1.54) is 0 Å². The average molecular weight is 249 g/mol. The Labute approximate surface area is 107 Å². The van der Waals surface area contributed by atoms with E-state index in [1.54, 1.807) is 18.2 Å². The van der Waals surface area contributed by atoms with E-state index < -0.39 is 5.91 Å². The van der Waals surface area contributed by atoms with E-state index >= 15 is 0 Å². The molecule has 5 nitrogen and oxygen atoms in total. The molecule has 0 aromatic heterocycles. The van der Waals surface area contributed by atoms with Crippen LogP contribution in [0.4, 0.5) is 11.4 Å². The number of carbonyl (C=O) groups excluding carboxylic acids is 2. The molecule has 0 aliphatic carbocycles. The first-order chi connectivity index (χ1) is 8.41. The summed E-state index contributed by atoms with van der Waals surface area (Å²) in [7, 11) is 0. The summed E-state index contributed by atoms with van der Waals surface area (Å²) < 4.78 is 0. The van der Waals surface area contributed by atoms with Gasteiger partial charge in [0.1, 0.15) is 0 Å². The first-order valence-electron chi connectivity index (χ1n) is 5.90. The van der Waals surface area contributed by atoms with Crippen molar-refractivity contribution in [3.8, 4) is 0 Å². The zero-order chi connectivity index (χ0) is 13.7. The summed E-state index contributed by atoms with van der Waals surface area (Å²) in [6.07, 6.45) is 1.20. The minimum absolute atomic E-state index is 0.142. The lowest BCUT2D eigenvalue weighted by Gasteiger charge is -2.11. The second kappa shape index (κ2) is 6.05. The minimum Gasteiger partial charge on any atom is -0.398 e. The Hall–Kier alpha value is -2.04. The molecule has 2 amide bonds. The minimum atomic E-state index is -0.646. The molecule has 0 saturated carbocycles. The Balaban J connectivity index is 2.81. The van der Waals surface area contributed by atoms with E-state index in [1.807, 2.05) is 13.8 Å². The summed E-state index contributed by atoms with van der Waals surface area (Å²) in [5.41, 5.74) is 11.7. The first kappa shape index (κ1) is 14.0. The number of hydrogen-bond donors (Lipinski definition) is 3. The Morgan fingerprint density at radius 3 is 2.56 bits per heavy atom. The van der Waals surface area contributed by atoms with Crippen molar-refractivity contribution in [2.75, 3.05) is 11.1 Å². The van der Waals surface area contributed by atoms with Crippen molar-refractivity contribution in [1.29, 1.82) is 0 Å². The van der Waals surface area contributed by atoms with Gasteiger partial charge in [-0.15, -0.1) is 0 Å². The van der Waals surface area contributed by atoms with Crippen LogP contribution in [0.1, 0.15) is 37.0 Å². The van der Waals surface area contributed by atoms with Crippen molar-refractivity contribution < 1.29 is 9.59 Å². The van der Waals surface area contributed by atoms with Crippen LogP contribution >= 0.6 is 0 Å². The number of benzene rings is 1. The number of primary amides is 1. The van der Waals surface area contributed by atoms with Crippen LogP contribution in [0.15, 0.2) is 18.2 Å². The van der Waals surface area contributed by atoms with E-state index in [2.05, 4.69) is 5.32 Å². The fourth-order valence-corrected chi connectivity index (χ4v) is 1.58. The lowest BCUT2D eigenvalue weighted by molar-refractivity contribution is -0.116. The first-order valence-corrected chi connectivity index (χ1v) is 5.90. The van der Waals surface area contributed by atoms with E-state index in [4.69, 9.17) is 11.5 Å². The zero-order valence-corrected chi connectivity index (χ0v) is 10.7. The standard InChI is InChI=1S/C13H19N3O2/c1-8(2)6-7-11(17)16-10-5-3-4-9(14)12(10)13(15)18/h3-5,8H,6-7,14H2,1-2H3,(H2,15,18)(H,16,17). The monoisotopic (exact) mass is 249 g/mol. The Kier molecular flexibility index (Phi) is 4.71. The molecule has 0 unspecified atom stereocenters. The summed E-state index contributed by atoms with van der Waals surface area (Å²) in [6.45, 7) is 4.09. The topological polar surface area (TPSA) is 98.2 Å². The molecule has 1 aromatic carbocycles. The molecular formula is C13H19N3O2. The summed E-state index contributed by atoms with van der Waals surface area (Å²) in [4.78, 5) is 23.0. The SMILES string of the molecule is CC(C)CCC(=O)Nc1cccc(N)c1C(N)=O. The highest BCUT2D eigenvalue weighted by molar-refractivity contribution is 6.06. The molecule has 1 aromatic rings. The van der Waals surface area contributed by atoms with Crippen LogP contribution in [0.2, 0.25) is 0 Å². The van der Waals surface area contributed by atoms with Gasteiger partial charge < -0.3 is 16.8 Å². The van der Waals surface area contributed by atoms with Gasteiger partial charge in [-0.2, -0.15) is 0 Å². The maximum atomic E-state index is 11.7. The van der Waals surface area contributed by atoms with Crippen molar-refractivity contribution >= 4 is 23.2 Å². The fourth-order valence-electron chi connectivity index (χ4n) is 1.58. The van der Waals surface area contributed by atoms with Crippen molar-refractivity contribution in [3.63, 3.8) is 0 Å². The van der Waals surface area contributed by atoms with E-state index in [9.17, 15) is 9.59 Å². The number of nitrogen functional groups attached to an aromatic ring is 1. The second-order valence-electron chi connectivity index (χ2n) is 4.61. The van der Waals surface area contributed by atoms with Crippen LogP contribution in [-0.2, 0) is 4.79 Å². The van der Waals surface area contributed by atoms with Gasteiger partial charge in [0.05, 0.1) is 11.3 Å².